The molecule has 8 nitrogen and oxygen atoms in total. The van der Waals surface area contributed by atoms with Crippen LogP contribution in [0.4, 0.5) is 0 Å². The molecule has 1 aliphatic rings. The summed E-state index contributed by atoms with van der Waals surface area (Å²) in [6, 6.07) is -1.82. The van der Waals surface area contributed by atoms with E-state index in [0.29, 0.717) is 13.2 Å². The van der Waals surface area contributed by atoms with Crippen LogP contribution in [-0.2, 0) is 9.47 Å². The van der Waals surface area contributed by atoms with Gasteiger partial charge in [-0.2, -0.15) is 0 Å². The van der Waals surface area contributed by atoms with Crippen LogP contribution in [0.3, 0.4) is 0 Å². The molecule has 1 aliphatic heterocycles. The first-order valence-corrected chi connectivity index (χ1v) is 3.73. The molecule has 0 radical (unpaired) electrons. The maximum Gasteiger partial charge on any atom is 0.330 e. The number of nitrogens with zero attached hydrogens (tertiary/aromatic N) is 6. The van der Waals surface area contributed by atoms with Crippen molar-refractivity contribution in [2.45, 2.75) is 18.9 Å². The van der Waals surface area contributed by atoms with Crippen LogP contribution in [0.2, 0.25) is 0 Å². The standard InChI is InChI=1S/C5H8N6O2/c6-10-8-5(9-11-7)12-3-1-2-4-13-5/h1-4H2. The second kappa shape index (κ2) is 4.54. The second-order valence-electron chi connectivity index (χ2n) is 2.33. The Morgan fingerprint density at radius 3 is 1.85 bits per heavy atom. The highest BCUT2D eigenvalue weighted by Crippen LogP contribution is 2.21. The molecule has 0 bridgehead atoms. The van der Waals surface area contributed by atoms with Gasteiger partial charge in [-0.1, -0.05) is 0 Å². The van der Waals surface area contributed by atoms with Gasteiger partial charge in [0.2, 0.25) is 0 Å². The van der Waals surface area contributed by atoms with E-state index in [9.17, 15) is 0 Å². The van der Waals surface area contributed by atoms with Crippen molar-refractivity contribution in [3.05, 3.63) is 20.9 Å². The fraction of sp³-hybridized carbons (Fsp3) is 1.00. The topological polar surface area (TPSA) is 116 Å². The minimum Gasteiger partial charge on any atom is -0.341 e. The van der Waals surface area contributed by atoms with Gasteiger partial charge >= 0.3 is 6.03 Å². The highest BCUT2D eigenvalue weighted by molar-refractivity contribution is 4.67. The number of ether oxygens (including phenoxy) is 2. The molecule has 70 valence electrons. The van der Waals surface area contributed by atoms with Gasteiger partial charge in [0.25, 0.3) is 0 Å². The van der Waals surface area contributed by atoms with Crippen molar-refractivity contribution in [3.63, 3.8) is 0 Å². The summed E-state index contributed by atoms with van der Waals surface area (Å²) in [6.45, 7) is 0.691. The summed E-state index contributed by atoms with van der Waals surface area (Å²) >= 11 is 0. The third-order valence-electron chi connectivity index (χ3n) is 1.46. The third-order valence-corrected chi connectivity index (χ3v) is 1.46. The van der Waals surface area contributed by atoms with E-state index < -0.39 is 6.03 Å². The van der Waals surface area contributed by atoms with Crippen LogP contribution >= 0.6 is 0 Å². The average Bonchev–Trinajstić information content (AvgIpc) is 2.32. The van der Waals surface area contributed by atoms with E-state index in [4.69, 9.17) is 20.5 Å². The predicted molar refractivity (Wildman–Crippen MR) is 42.2 cm³/mol. The molecule has 0 aromatic carbocycles. The Hall–Kier alpha value is -1.46. The van der Waals surface area contributed by atoms with Gasteiger partial charge in [-0.25, -0.2) is 0 Å². The van der Waals surface area contributed by atoms with Crippen molar-refractivity contribution >= 4 is 0 Å². The van der Waals surface area contributed by atoms with Crippen LogP contribution in [0.5, 0.6) is 0 Å². The molecule has 1 saturated heterocycles. The number of rotatable bonds is 2. The SMILES string of the molecule is [N-]=[N+]=NC1(N=[N+]=[N-])OCCCCO1. The Morgan fingerprint density at radius 1 is 1.00 bits per heavy atom. The molecule has 0 atom stereocenters. The molecule has 0 unspecified atom stereocenters. The van der Waals surface area contributed by atoms with Crippen molar-refractivity contribution in [3.8, 4) is 0 Å². The highest BCUT2D eigenvalue weighted by atomic mass is 16.7. The average molecular weight is 184 g/mol. The molecule has 0 aliphatic carbocycles. The summed E-state index contributed by atoms with van der Waals surface area (Å²) in [6.07, 6.45) is 1.56. The van der Waals surface area contributed by atoms with Gasteiger partial charge in [0, 0.05) is 9.82 Å². The summed E-state index contributed by atoms with van der Waals surface area (Å²) in [5.74, 6) is 0. The fourth-order valence-electron chi connectivity index (χ4n) is 0.905. The Morgan fingerprint density at radius 2 is 1.46 bits per heavy atom. The van der Waals surface area contributed by atoms with Crippen molar-refractivity contribution in [2.75, 3.05) is 13.2 Å². The van der Waals surface area contributed by atoms with Crippen molar-refractivity contribution in [2.24, 2.45) is 10.2 Å². The number of hydrogen-bond acceptors (Lipinski definition) is 4. The lowest BCUT2D eigenvalue weighted by molar-refractivity contribution is -0.215. The van der Waals surface area contributed by atoms with E-state index in [1.807, 2.05) is 0 Å². The Balaban J connectivity index is 2.85. The molecule has 0 N–H and O–H groups in total. The monoisotopic (exact) mass is 184 g/mol. The molecular weight excluding hydrogens is 176 g/mol. The van der Waals surface area contributed by atoms with E-state index in [-0.39, 0.29) is 0 Å². The van der Waals surface area contributed by atoms with E-state index in [1.165, 1.54) is 0 Å². The van der Waals surface area contributed by atoms with Gasteiger partial charge < -0.3 is 9.47 Å². The Bertz CT molecular complexity index is 238. The maximum absolute atomic E-state index is 8.22. The largest absolute Gasteiger partial charge is 0.341 e. The fourth-order valence-corrected chi connectivity index (χ4v) is 0.905. The summed E-state index contributed by atoms with van der Waals surface area (Å²) in [5, 5.41) is 6.36. The molecule has 0 spiro atoms. The highest BCUT2D eigenvalue weighted by Gasteiger charge is 2.31. The lowest BCUT2D eigenvalue weighted by Crippen LogP contribution is -2.29. The molecule has 0 aromatic heterocycles. The third kappa shape index (κ3) is 2.50. The normalized spacial score (nSPS) is 20.6. The molecule has 1 rings (SSSR count). The minimum absolute atomic E-state index is 0.345. The summed E-state index contributed by atoms with van der Waals surface area (Å²) < 4.78 is 10.0. The Labute approximate surface area is 73.7 Å². The molecule has 8 heteroatoms. The molecule has 0 saturated carbocycles. The van der Waals surface area contributed by atoms with Crippen molar-refractivity contribution < 1.29 is 9.47 Å². The predicted octanol–water partition coefficient (Wildman–Crippen LogP) is 2.05. The van der Waals surface area contributed by atoms with E-state index in [1.54, 1.807) is 0 Å². The summed E-state index contributed by atoms with van der Waals surface area (Å²) in [4.78, 5) is 5.00. The van der Waals surface area contributed by atoms with Crippen LogP contribution in [0.25, 0.3) is 20.9 Å². The lowest BCUT2D eigenvalue weighted by Gasteiger charge is -2.20. The molecule has 0 amide bonds. The van der Waals surface area contributed by atoms with E-state index in [0.717, 1.165) is 12.8 Å². The summed E-state index contributed by atoms with van der Waals surface area (Å²) in [5.41, 5.74) is 16.4. The van der Waals surface area contributed by atoms with E-state index in [2.05, 4.69) is 20.1 Å². The van der Waals surface area contributed by atoms with Crippen LogP contribution in [0.15, 0.2) is 10.2 Å². The van der Waals surface area contributed by atoms with Crippen LogP contribution < -0.4 is 0 Å². The van der Waals surface area contributed by atoms with E-state index >= 15 is 0 Å². The Kier molecular flexibility index (Phi) is 3.36. The molecule has 1 fully saturated rings. The smallest absolute Gasteiger partial charge is 0.330 e. The van der Waals surface area contributed by atoms with Crippen LogP contribution in [0, 0.1) is 0 Å². The second-order valence-corrected chi connectivity index (χ2v) is 2.33. The van der Waals surface area contributed by atoms with Gasteiger partial charge in [0.1, 0.15) is 0 Å². The zero-order chi connectivity index (χ0) is 9.57. The molecule has 1 heterocycles. The minimum atomic E-state index is -1.82. The van der Waals surface area contributed by atoms with Gasteiger partial charge in [-0.05, 0) is 34.1 Å². The first-order chi connectivity index (χ1) is 6.33. The van der Waals surface area contributed by atoms with Crippen molar-refractivity contribution in [1.82, 2.24) is 0 Å². The maximum atomic E-state index is 8.22. The molecular formula is C5H8N6O2. The first-order valence-electron chi connectivity index (χ1n) is 3.73. The van der Waals surface area contributed by atoms with Gasteiger partial charge in [-0.15, -0.1) is 0 Å². The first kappa shape index (κ1) is 9.63. The summed E-state index contributed by atoms with van der Waals surface area (Å²) in [7, 11) is 0. The molecule has 13 heavy (non-hydrogen) atoms. The number of hydrogen-bond donors (Lipinski definition) is 0. The van der Waals surface area contributed by atoms with Crippen LogP contribution in [0.1, 0.15) is 12.8 Å². The molecule has 0 aromatic rings. The lowest BCUT2D eigenvalue weighted by atomic mass is 10.3. The van der Waals surface area contributed by atoms with Crippen molar-refractivity contribution in [1.29, 1.82) is 0 Å². The van der Waals surface area contributed by atoms with Gasteiger partial charge in [-0.3, -0.25) is 0 Å². The van der Waals surface area contributed by atoms with Gasteiger partial charge in [0.05, 0.1) is 13.2 Å². The quantitative estimate of drug-likeness (QED) is 0.371. The zero-order valence-corrected chi connectivity index (χ0v) is 6.83. The number of azide groups is 1. The van der Waals surface area contributed by atoms with Gasteiger partial charge in [0.15, 0.2) is 0 Å². The van der Waals surface area contributed by atoms with Crippen LogP contribution in [-0.4, -0.2) is 19.2 Å². The zero-order valence-electron chi connectivity index (χ0n) is 6.83.